The molecule has 1 aromatic carbocycles. The van der Waals surface area contributed by atoms with Crippen LogP contribution in [0.15, 0.2) is 30.3 Å². The number of allylic oxidation sites excluding steroid dienone is 1. The first-order chi connectivity index (χ1) is 11.8. The van der Waals surface area contributed by atoms with E-state index in [0.717, 1.165) is 11.0 Å². The van der Waals surface area contributed by atoms with Crippen LogP contribution in [-0.2, 0) is 6.54 Å². The molecule has 0 unspecified atom stereocenters. The van der Waals surface area contributed by atoms with Crippen molar-refractivity contribution in [3.63, 3.8) is 0 Å². The summed E-state index contributed by atoms with van der Waals surface area (Å²) in [5, 5.41) is 9.45. The first-order valence-electron chi connectivity index (χ1n) is 7.59. The Morgan fingerprint density at radius 1 is 1.32 bits per heavy atom. The molecule has 0 radical (unpaired) electrons. The van der Waals surface area contributed by atoms with Gasteiger partial charge in [0.25, 0.3) is 0 Å². The van der Waals surface area contributed by atoms with Crippen LogP contribution in [0, 0.1) is 25.2 Å². The smallest absolute Gasteiger partial charge is 0.340 e. The Kier molecular flexibility index (Phi) is 4.13. The highest BCUT2D eigenvalue weighted by molar-refractivity contribution is 5.90. The second kappa shape index (κ2) is 6.13. The Labute approximate surface area is 142 Å². The zero-order valence-corrected chi connectivity index (χ0v) is 13.6. The molecule has 1 N–H and O–H groups in total. The van der Waals surface area contributed by atoms with Gasteiger partial charge in [0.2, 0.25) is 0 Å². The number of fused-ring (bicyclic) bond motifs is 1. The molecule has 2 aromatic heterocycles. The number of alkyl halides is 3. The summed E-state index contributed by atoms with van der Waals surface area (Å²) in [6.07, 6.45) is -2.74. The zero-order chi connectivity index (χ0) is 18.2. The molecule has 0 saturated heterocycles. The predicted molar refractivity (Wildman–Crippen MR) is 89.5 cm³/mol. The number of para-hydroxylation sites is 2. The SMILES string of the molecule is Cc1cc(C=C(C#N)c2nc3ccccc3[nH]2)c(C)n1CC(F)(F)F. The maximum Gasteiger partial charge on any atom is 0.406 e. The van der Waals surface area contributed by atoms with Gasteiger partial charge in [0, 0.05) is 11.4 Å². The number of rotatable bonds is 3. The molecular weight excluding hydrogens is 329 g/mol. The normalized spacial score (nSPS) is 12.6. The van der Waals surface area contributed by atoms with Crippen LogP contribution in [0.3, 0.4) is 0 Å². The number of H-pyrrole nitrogens is 1. The Bertz CT molecular complexity index is 967. The minimum Gasteiger partial charge on any atom is -0.340 e. The molecule has 4 nitrogen and oxygen atoms in total. The second-order valence-corrected chi connectivity index (χ2v) is 5.80. The lowest BCUT2D eigenvalue weighted by atomic mass is 10.1. The van der Waals surface area contributed by atoms with Gasteiger partial charge in [-0.1, -0.05) is 12.1 Å². The summed E-state index contributed by atoms with van der Waals surface area (Å²) in [6, 6.07) is 11.1. The van der Waals surface area contributed by atoms with Crippen LogP contribution < -0.4 is 0 Å². The van der Waals surface area contributed by atoms with E-state index in [1.807, 2.05) is 24.3 Å². The van der Waals surface area contributed by atoms with Crippen LogP contribution in [0.25, 0.3) is 22.7 Å². The summed E-state index contributed by atoms with van der Waals surface area (Å²) >= 11 is 0. The maximum absolute atomic E-state index is 12.7. The molecule has 0 atom stereocenters. The van der Waals surface area contributed by atoms with Crippen LogP contribution in [0.1, 0.15) is 22.8 Å². The number of aromatic amines is 1. The van der Waals surface area contributed by atoms with Gasteiger partial charge in [-0.25, -0.2) is 4.98 Å². The highest BCUT2D eigenvalue weighted by atomic mass is 19.4. The number of aryl methyl sites for hydroxylation is 1. The summed E-state index contributed by atoms with van der Waals surface area (Å²) < 4.78 is 39.4. The first-order valence-corrected chi connectivity index (χ1v) is 7.59. The molecule has 0 spiro atoms. The van der Waals surface area contributed by atoms with E-state index in [2.05, 4.69) is 16.0 Å². The monoisotopic (exact) mass is 344 g/mol. The van der Waals surface area contributed by atoms with Gasteiger partial charge in [0.05, 0.1) is 16.6 Å². The number of hydrogen-bond donors (Lipinski definition) is 1. The minimum atomic E-state index is -4.30. The molecular formula is C18H15F3N4. The van der Waals surface area contributed by atoms with Gasteiger partial charge in [-0.15, -0.1) is 0 Å². The van der Waals surface area contributed by atoms with E-state index >= 15 is 0 Å². The van der Waals surface area contributed by atoms with Crippen LogP contribution in [-0.4, -0.2) is 20.7 Å². The van der Waals surface area contributed by atoms with Crippen molar-refractivity contribution in [3.05, 3.63) is 53.1 Å². The van der Waals surface area contributed by atoms with Crippen molar-refractivity contribution in [2.75, 3.05) is 0 Å². The topological polar surface area (TPSA) is 57.4 Å². The molecule has 0 saturated carbocycles. The fourth-order valence-electron chi connectivity index (χ4n) is 2.79. The number of hydrogen-bond acceptors (Lipinski definition) is 2. The molecule has 25 heavy (non-hydrogen) atoms. The van der Waals surface area contributed by atoms with Gasteiger partial charge in [-0.3, -0.25) is 0 Å². The molecule has 128 valence electrons. The summed E-state index contributed by atoms with van der Waals surface area (Å²) in [5.74, 6) is 0.393. The Morgan fingerprint density at radius 2 is 2.04 bits per heavy atom. The van der Waals surface area contributed by atoms with Crippen molar-refractivity contribution in [1.29, 1.82) is 5.26 Å². The van der Waals surface area contributed by atoms with Gasteiger partial charge >= 0.3 is 6.18 Å². The average Bonchev–Trinajstić information content (AvgIpc) is 3.08. The predicted octanol–water partition coefficient (Wildman–Crippen LogP) is 4.61. The lowest BCUT2D eigenvalue weighted by Crippen LogP contribution is -2.19. The molecule has 0 bridgehead atoms. The number of imidazole rings is 1. The molecule has 3 rings (SSSR count). The molecule has 0 fully saturated rings. The van der Waals surface area contributed by atoms with Crippen molar-refractivity contribution in [3.8, 4) is 6.07 Å². The van der Waals surface area contributed by atoms with Gasteiger partial charge in [-0.05, 0) is 43.7 Å². The molecule has 0 aliphatic heterocycles. The lowest BCUT2D eigenvalue weighted by Gasteiger charge is -2.12. The minimum absolute atomic E-state index is 0.267. The summed E-state index contributed by atoms with van der Waals surface area (Å²) in [6.45, 7) is 2.17. The quantitative estimate of drug-likeness (QED) is 0.706. The Balaban J connectivity index is 2.03. The number of nitrogens with one attached hydrogen (secondary N) is 1. The van der Waals surface area contributed by atoms with Crippen molar-refractivity contribution in [2.24, 2.45) is 0 Å². The Hall–Kier alpha value is -3.01. The number of aromatic nitrogens is 3. The van der Waals surface area contributed by atoms with Crippen molar-refractivity contribution in [1.82, 2.24) is 14.5 Å². The molecule has 0 amide bonds. The van der Waals surface area contributed by atoms with Crippen LogP contribution in [0.5, 0.6) is 0 Å². The van der Waals surface area contributed by atoms with Crippen LogP contribution >= 0.6 is 0 Å². The van der Waals surface area contributed by atoms with Gasteiger partial charge in [0.1, 0.15) is 18.4 Å². The number of benzene rings is 1. The number of halogens is 3. The van der Waals surface area contributed by atoms with E-state index in [9.17, 15) is 18.4 Å². The van der Waals surface area contributed by atoms with E-state index in [1.54, 1.807) is 26.0 Å². The third-order valence-corrected chi connectivity index (χ3v) is 4.01. The largest absolute Gasteiger partial charge is 0.406 e. The van der Waals surface area contributed by atoms with E-state index < -0.39 is 12.7 Å². The van der Waals surface area contributed by atoms with Crippen molar-refractivity contribution in [2.45, 2.75) is 26.6 Å². The third kappa shape index (κ3) is 3.43. The maximum atomic E-state index is 12.7. The first kappa shape index (κ1) is 16.8. The average molecular weight is 344 g/mol. The van der Waals surface area contributed by atoms with Crippen LogP contribution in [0.2, 0.25) is 0 Å². The highest BCUT2D eigenvalue weighted by Gasteiger charge is 2.29. The lowest BCUT2D eigenvalue weighted by molar-refractivity contribution is -0.141. The second-order valence-electron chi connectivity index (χ2n) is 5.80. The van der Waals surface area contributed by atoms with E-state index in [0.29, 0.717) is 22.8 Å². The van der Waals surface area contributed by atoms with E-state index in [-0.39, 0.29) is 5.57 Å². The van der Waals surface area contributed by atoms with Gasteiger partial charge in [0.15, 0.2) is 0 Å². The van der Waals surface area contributed by atoms with E-state index in [4.69, 9.17) is 0 Å². The molecule has 7 heteroatoms. The van der Waals surface area contributed by atoms with Crippen molar-refractivity contribution >= 4 is 22.7 Å². The summed E-state index contributed by atoms with van der Waals surface area (Å²) in [7, 11) is 0. The fourth-order valence-corrected chi connectivity index (χ4v) is 2.79. The number of nitrogens with zero attached hydrogens (tertiary/aromatic N) is 3. The Morgan fingerprint density at radius 3 is 2.68 bits per heavy atom. The fraction of sp³-hybridized carbons (Fsp3) is 0.222. The zero-order valence-electron chi connectivity index (χ0n) is 13.6. The van der Waals surface area contributed by atoms with Gasteiger partial charge in [-0.2, -0.15) is 18.4 Å². The summed E-state index contributed by atoms with van der Waals surface area (Å²) in [5.41, 5.74) is 3.30. The van der Waals surface area contributed by atoms with E-state index in [1.165, 1.54) is 4.57 Å². The third-order valence-electron chi connectivity index (χ3n) is 4.01. The molecule has 0 aliphatic rings. The van der Waals surface area contributed by atoms with Crippen molar-refractivity contribution < 1.29 is 13.2 Å². The molecule has 0 aliphatic carbocycles. The standard InChI is InChI=1S/C18H15F3N4/c1-11-7-13(12(2)25(11)10-18(19,20)21)8-14(9-22)17-23-15-5-3-4-6-16(15)24-17/h3-8H,10H2,1-2H3,(H,23,24). The van der Waals surface area contributed by atoms with Crippen LogP contribution in [0.4, 0.5) is 13.2 Å². The molecule has 3 aromatic rings. The number of nitriles is 1. The highest BCUT2D eigenvalue weighted by Crippen LogP contribution is 2.26. The van der Waals surface area contributed by atoms with Gasteiger partial charge < -0.3 is 9.55 Å². The summed E-state index contributed by atoms with van der Waals surface area (Å²) in [4.78, 5) is 7.42. The molecule has 2 heterocycles.